The van der Waals surface area contributed by atoms with Crippen LogP contribution in [0, 0.1) is 11.8 Å². The highest BCUT2D eigenvalue weighted by Gasteiger charge is 2.45. The molecule has 2 unspecified atom stereocenters. The third kappa shape index (κ3) is 8.74. The van der Waals surface area contributed by atoms with Crippen molar-refractivity contribution in [3.05, 3.63) is 0 Å². The van der Waals surface area contributed by atoms with Crippen LogP contribution in [0.5, 0.6) is 0 Å². The van der Waals surface area contributed by atoms with E-state index in [1.165, 1.54) is 0 Å². The predicted molar refractivity (Wildman–Crippen MR) is 185 cm³/mol. The van der Waals surface area contributed by atoms with Gasteiger partial charge in [0, 0.05) is 47.3 Å². The fourth-order valence-corrected chi connectivity index (χ4v) is 7.89. The van der Waals surface area contributed by atoms with Crippen molar-refractivity contribution >= 4 is 17.8 Å². The second kappa shape index (κ2) is 13.8. The minimum atomic E-state index is 0.140. The van der Waals surface area contributed by atoms with Gasteiger partial charge in [0.15, 0.2) is 0 Å². The zero-order valence-electron chi connectivity index (χ0n) is 30.6. The molecule has 0 aromatic carbocycles. The average molecular weight is 601 g/mol. The molecule has 2 aliphatic rings. The number of nitrogens with zero attached hydrogens (tertiary/aromatic N) is 6. The molecule has 0 saturated carbocycles. The van der Waals surface area contributed by atoms with Gasteiger partial charge in [0.1, 0.15) is 0 Å². The van der Waals surface area contributed by atoms with Gasteiger partial charge in [-0.15, -0.1) is 0 Å². The Kier molecular flexibility index (Phi) is 11.5. The maximum atomic E-state index is 5.07. The van der Waals surface area contributed by atoms with Crippen LogP contribution < -0.4 is 15.5 Å². The maximum Gasteiger partial charge on any atom is 0.231 e. The van der Waals surface area contributed by atoms with E-state index in [-0.39, 0.29) is 34.2 Å². The fraction of sp³-hybridized carbons (Fsp3) is 0.914. The lowest BCUT2D eigenvalue weighted by atomic mass is 9.72. The van der Waals surface area contributed by atoms with E-state index >= 15 is 0 Å². The van der Waals surface area contributed by atoms with E-state index in [4.69, 9.17) is 15.0 Å². The van der Waals surface area contributed by atoms with E-state index in [1.54, 1.807) is 0 Å². The summed E-state index contributed by atoms with van der Waals surface area (Å²) in [4.78, 5) is 22.7. The molecule has 0 aliphatic carbocycles. The number of hydrogen-bond donors (Lipinski definition) is 2. The van der Waals surface area contributed by atoms with Gasteiger partial charge in [-0.05, 0) is 134 Å². The van der Waals surface area contributed by atoms with Crippen LogP contribution in [0.3, 0.4) is 0 Å². The second-order valence-electron chi connectivity index (χ2n) is 16.5. The van der Waals surface area contributed by atoms with Gasteiger partial charge in [-0.25, -0.2) is 0 Å². The van der Waals surface area contributed by atoms with Crippen LogP contribution in [0.25, 0.3) is 0 Å². The summed E-state index contributed by atoms with van der Waals surface area (Å²) in [5, 5.41) is 7.56. The first-order chi connectivity index (χ1) is 19.8. The molecule has 248 valence electrons. The summed E-state index contributed by atoms with van der Waals surface area (Å²) in [6, 6.07) is 0.506. The monoisotopic (exact) mass is 601 g/mol. The molecule has 2 fully saturated rings. The largest absolute Gasteiger partial charge is 0.351 e. The molecule has 3 heterocycles. The Labute approximate surface area is 265 Å². The summed E-state index contributed by atoms with van der Waals surface area (Å²) in [6.45, 7) is 30.1. The third-order valence-corrected chi connectivity index (χ3v) is 11.3. The lowest BCUT2D eigenvalue weighted by molar-refractivity contribution is -0.0330. The summed E-state index contributed by atoms with van der Waals surface area (Å²) in [5.41, 5.74) is 0.561. The smallest absolute Gasteiger partial charge is 0.231 e. The molecular formula is C35H68N8. The Hall–Kier alpha value is -1.67. The zero-order chi connectivity index (χ0) is 32.4. The number of anilines is 3. The van der Waals surface area contributed by atoms with Crippen LogP contribution in [0.2, 0.25) is 0 Å². The Morgan fingerprint density at radius 3 is 1.28 bits per heavy atom. The molecule has 2 aliphatic heterocycles. The maximum absolute atomic E-state index is 5.07. The number of likely N-dealkylation sites (tertiary alicyclic amines) is 2. The van der Waals surface area contributed by atoms with Crippen molar-refractivity contribution in [1.29, 1.82) is 0 Å². The zero-order valence-corrected chi connectivity index (χ0v) is 30.6. The molecule has 43 heavy (non-hydrogen) atoms. The molecule has 8 heteroatoms. The summed E-state index contributed by atoms with van der Waals surface area (Å²) in [7, 11) is 4.55. The molecule has 2 saturated heterocycles. The van der Waals surface area contributed by atoms with Gasteiger partial charge in [0.05, 0.1) is 0 Å². The number of aromatic nitrogens is 3. The first kappa shape index (κ1) is 35.8. The quantitative estimate of drug-likeness (QED) is 0.239. The van der Waals surface area contributed by atoms with Crippen LogP contribution in [0.4, 0.5) is 17.8 Å². The van der Waals surface area contributed by atoms with Crippen molar-refractivity contribution in [3.8, 4) is 0 Å². The molecule has 2 atom stereocenters. The van der Waals surface area contributed by atoms with Crippen LogP contribution in [0.1, 0.15) is 134 Å². The number of unbranched alkanes of at least 4 members (excludes halogenated alkanes) is 2. The van der Waals surface area contributed by atoms with E-state index in [9.17, 15) is 0 Å². The van der Waals surface area contributed by atoms with Crippen LogP contribution >= 0.6 is 0 Å². The molecule has 0 amide bonds. The summed E-state index contributed by atoms with van der Waals surface area (Å²) in [5.74, 6) is 3.25. The summed E-state index contributed by atoms with van der Waals surface area (Å²) >= 11 is 0. The fourth-order valence-electron chi connectivity index (χ4n) is 7.89. The predicted octanol–water partition coefficient (Wildman–Crippen LogP) is 7.68. The Morgan fingerprint density at radius 1 is 0.651 bits per heavy atom. The van der Waals surface area contributed by atoms with E-state index < -0.39 is 0 Å². The highest BCUT2D eigenvalue weighted by molar-refractivity contribution is 5.45. The molecule has 0 bridgehead atoms. The van der Waals surface area contributed by atoms with Crippen molar-refractivity contribution in [1.82, 2.24) is 24.8 Å². The van der Waals surface area contributed by atoms with Crippen molar-refractivity contribution in [2.75, 3.05) is 42.7 Å². The van der Waals surface area contributed by atoms with Gasteiger partial charge in [0.25, 0.3) is 0 Å². The highest BCUT2D eigenvalue weighted by atomic mass is 15.3. The number of hydrogen-bond acceptors (Lipinski definition) is 8. The first-order valence-electron chi connectivity index (χ1n) is 17.3. The number of piperidine rings is 2. The van der Waals surface area contributed by atoms with Gasteiger partial charge >= 0.3 is 0 Å². The molecule has 8 nitrogen and oxygen atoms in total. The van der Waals surface area contributed by atoms with E-state index in [1.807, 2.05) is 0 Å². The van der Waals surface area contributed by atoms with Crippen LogP contribution in [0.15, 0.2) is 0 Å². The van der Waals surface area contributed by atoms with Gasteiger partial charge < -0.3 is 15.5 Å². The molecule has 2 N–H and O–H groups in total. The summed E-state index contributed by atoms with van der Waals surface area (Å²) in [6.07, 6.45) is 9.14. The molecule has 1 aromatic rings. The topological polar surface area (TPSA) is 72.5 Å². The second-order valence-corrected chi connectivity index (χ2v) is 16.5. The van der Waals surface area contributed by atoms with Crippen LogP contribution in [-0.2, 0) is 0 Å². The normalized spacial score (nSPS) is 24.0. The standard InChI is InChI=1S/C35H68N8/c1-15-17-19-43(20-18-16-2)31-39-29(36-25(3)27-21-32(5,6)41(13)33(7,8)22-27)38-30(40-31)37-26(4)28-23-34(9,10)42(14)35(11,12)24-28/h25-28H,15-24H2,1-14H3,(H2,36,37,38,39,40). The lowest BCUT2D eigenvalue weighted by Crippen LogP contribution is -2.60. The molecule has 1 aromatic heterocycles. The first-order valence-corrected chi connectivity index (χ1v) is 17.3. The molecule has 0 spiro atoms. The van der Waals surface area contributed by atoms with E-state index in [0.29, 0.717) is 23.7 Å². The third-order valence-electron chi connectivity index (χ3n) is 11.3. The average Bonchev–Trinajstić information content (AvgIpc) is 2.89. The van der Waals surface area contributed by atoms with Crippen LogP contribution in [-0.4, -0.2) is 86.2 Å². The highest BCUT2D eigenvalue weighted by Crippen LogP contribution is 2.43. The summed E-state index contributed by atoms with van der Waals surface area (Å²) < 4.78 is 0. The Morgan fingerprint density at radius 2 is 0.977 bits per heavy atom. The minimum Gasteiger partial charge on any atom is -0.351 e. The number of nitrogens with one attached hydrogen (secondary N) is 2. The Bertz CT molecular complexity index is 922. The molecule has 0 radical (unpaired) electrons. The van der Waals surface area contributed by atoms with Gasteiger partial charge in [-0.2, -0.15) is 15.0 Å². The van der Waals surface area contributed by atoms with Crippen molar-refractivity contribution in [2.45, 2.75) is 169 Å². The molecule has 3 rings (SSSR count). The van der Waals surface area contributed by atoms with Crippen molar-refractivity contribution < 1.29 is 0 Å². The van der Waals surface area contributed by atoms with E-state index in [0.717, 1.165) is 70.4 Å². The van der Waals surface area contributed by atoms with E-state index in [2.05, 4.69) is 123 Å². The van der Waals surface area contributed by atoms with Crippen molar-refractivity contribution in [2.24, 2.45) is 11.8 Å². The number of rotatable bonds is 13. The van der Waals surface area contributed by atoms with Crippen molar-refractivity contribution in [3.63, 3.8) is 0 Å². The molecular weight excluding hydrogens is 532 g/mol. The van der Waals surface area contributed by atoms with Gasteiger partial charge in [-0.3, -0.25) is 9.80 Å². The SMILES string of the molecule is CCCCN(CCCC)c1nc(NC(C)C2CC(C)(C)N(C)C(C)(C)C2)nc(NC(C)C2CC(C)(C)N(C)C(C)(C)C2)n1. The lowest BCUT2D eigenvalue weighted by Gasteiger charge is -2.55. The van der Waals surface area contributed by atoms with Gasteiger partial charge in [-0.1, -0.05) is 26.7 Å². The minimum absolute atomic E-state index is 0.140. The van der Waals surface area contributed by atoms with Gasteiger partial charge in [0.2, 0.25) is 17.8 Å². The Balaban J connectivity index is 1.91.